The predicted octanol–water partition coefficient (Wildman–Crippen LogP) is 1.42. The lowest BCUT2D eigenvalue weighted by molar-refractivity contribution is -0.134. The highest BCUT2D eigenvalue weighted by atomic mass is 16.5. The number of carbonyl (C=O) groups is 2. The number of hydrogen-bond acceptors (Lipinski definition) is 5. The molecule has 0 atom stereocenters. The van der Waals surface area contributed by atoms with Crippen LogP contribution in [0.3, 0.4) is 0 Å². The summed E-state index contributed by atoms with van der Waals surface area (Å²) >= 11 is 0. The SMILES string of the molecule is COC(=O)c1ccc(OC(=O)CCCCCNC(=N)N)cc1. The molecule has 1 aromatic carbocycles. The second-order valence-corrected chi connectivity index (χ2v) is 4.64. The molecule has 0 fully saturated rings. The molecule has 0 amide bonds. The summed E-state index contributed by atoms with van der Waals surface area (Å²) < 4.78 is 9.75. The van der Waals surface area contributed by atoms with Gasteiger partial charge in [0.15, 0.2) is 5.96 Å². The first-order chi connectivity index (χ1) is 10.5. The first-order valence-corrected chi connectivity index (χ1v) is 7.00. The zero-order valence-corrected chi connectivity index (χ0v) is 12.6. The molecule has 7 heteroatoms. The molecule has 0 saturated carbocycles. The molecule has 0 saturated heterocycles. The predicted molar refractivity (Wildman–Crippen MR) is 81.8 cm³/mol. The third-order valence-corrected chi connectivity index (χ3v) is 2.88. The Morgan fingerprint density at radius 1 is 1.18 bits per heavy atom. The molecule has 1 aromatic rings. The van der Waals surface area contributed by atoms with Crippen molar-refractivity contribution in [2.75, 3.05) is 13.7 Å². The maximum atomic E-state index is 11.6. The molecule has 0 aliphatic heterocycles. The van der Waals surface area contributed by atoms with Crippen molar-refractivity contribution in [3.05, 3.63) is 29.8 Å². The Morgan fingerprint density at radius 3 is 2.45 bits per heavy atom. The van der Waals surface area contributed by atoms with E-state index in [1.54, 1.807) is 24.3 Å². The lowest BCUT2D eigenvalue weighted by atomic mass is 10.2. The van der Waals surface area contributed by atoms with Crippen molar-refractivity contribution in [1.29, 1.82) is 5.41 Å². The number of unbranched alkanes of at least 4 members (excludes halogenated alkanes) is 2. The number of ether oxygens (including phenoxy) is 2. The van der Waals surface area contributed by atoms with Gasteiger partial charge in [-0.15, -0.1) is 0 Å². The van der Waals surface area contributed by atoms with Gasteiger partial charge in [-0.2, -0.15) is 0 Å². The fourth-order valence-corrected chi connectivity index (χ4v) is 1.75. The second-order valence-electron chi connectivity index (χ2n) is 4.64. The molecule has 0 aliphatic carbocycles. The average Bonchev–Trinajstić information content (AvgIpc) is 2.50. The van der Waals surface area contributed by atoms with Crippen LogP contribution < -0.4 is 15.8 Å². The first kappa shape index (κ1) is 17.5. The minimum Gasteiger partial charge on any atom is -0.465 e. The van der Waals surface area contributed by atoms with Crippen molar-refractivity contribution in [3.63, 3.8) is 0 Å². The Balaban J connectivity index is 2.24. The number of carbonyl (C=O) groups excluding carboxylic acids is 2. The standard InChI is InChI=1S/C15H21N3O4/c1-21-14(20)11-6-8-12(9-7-11)22-13(19)5-3-2-4-10-18-15(16)17/h6-9H,2-5,10H2,1H3,(H4,16,17,18). The third kappa shape index (κ3) is 6.74. The molecule has 22 heavy (non-hydrogen) atoms. The summed E-state index contributed by atoms with van der Waals surface area (Å²) in [5.74, 6) is -0.395. The van der Waals surface area contributed by atoms with Gasteiger partial charge in [-0.25, -0.2) is 4.79 Å². The maximum absolute atomic E-state index is 11.6. The molecule has 4 N–H and O–H groups in total. The molecular weight excluding hydrogens is 286 g/mol. The lowest BCUT2D eigenvalue weighted by Gasteiger charge is -2.06. The van der Waals surface area contributed by atoms with E-state index in [-0.39, 0.29) is 11.9 Å². The Kier molecular flexibility index (Phi) is 7.45. The monoisotopic (exact) mass is 307 g/mol. The van der Waals surface area contributed by atoms with Crippen LogP contribution >= 0.6 is 0 Å². The summed E-state index contributed by atoms with van der Waals surface area (Å²) in [7, 11) is 1.31. The Bertz CT molecular complexity index is 514. The van der Waals surface area contributed by atoms with Crippen LogP contribution in [0.4, 0.5) is 0 Å². The van der Waals surface area contributed by atoms with Gasteiger partial charge in [0.2, 0.25) is 0 Å². The zero-order chi connectivity index (χ0) is 16.4. The number of nitrogens with one attached hydrogen (secondary N) is 2. The summed E-state index contributed by atoms with van der Waals surface area (Å²) in [6.07, 6.45) is 2.70. The van der Waals surface area contributed by atoms with E-state index < -0.39 is 5.97 Å². The third-order valence-electron chi connectivity index (χ3n) is 2.88. The highest BCUT2D eigenvalue weighted by Crippen LogP contribution is 2.14. The molecule has 0 bridgehead atoms. The summed E-state index contributed by atoms with van der Waals surface area (Å²) in [6.45, 7) is 0.624. The highest BCUT2D eigenvalue weighted by Gasteiger charge is 2.07. The number of esters is 2. The molecule has 120 valence electrons. The van der Waals surface area contributed by atoms with E-state index in [1.807, 2.05) is 0 Å². The fourth-order valence-electron chi connectivity index (χ4n) is 1.75. The smallest absolute Gasteiger partial charge is 0.337 e. The van der Waals surface area contributed by atoms with Crippen LogP contribution in [0, 0.1) is 5.41 Å². The van der Waals surface area contributed by atoms with Gasteiger partial charge in [0, 0.05) is 13.0 Å². The topological polar surface area (TPSA) is 114 Å². The fraction of sp³-hybridized carbons (Fsp3) is 0.400. The van der Waals surface area contributed by atoms with Crippen LogP contribution in [-0.2, 0) is 9.53 Å². The number of benzene rings is 1. The van der Waals surface area contributed by atoms with Crippen molar-refractivity contribution < 1.29 is 19.1 Å². The van der Waals surface area contributed by atoms with Crippen molar-refractivity contribution in [2.24, 2.45) is 5.73 Å². The summed E-state index contributed by atoms with van der Waals surface area (Å²) in [5.41, 5.74) is 5.55. The Labute approximate surface area is 129 Å². The zero-order valence-electron chi connectivity index (χ0n) is 12.6. The molecule has 0 spiro atoms. The van der Waals surface area contributed by atoms with Crippen molar-refractivity contribution >= 4 is 17.9 Å². The van der Waals surface area contributed by atoms with Gasteiger partial charge in [-0.1, -0.05) is 6.42 Å². The van der Waals surface area contributed by atoms with Gasteiger partial charge >= 0.3 is 11.9 Å². The molecule has 1 rings (SSSR count). The maximum Gasteiger partial charge on any atom is 0.337 e. The molecule has 7 nitrogen and oxygen atoms in total. The van der Waals surface area contributed by atoms with Crippen LogP contribution in [0.25, 0.3) is 0 Å². The molecule has 0 heterocycles. The number of rotatable bonds is 8. The van der Waals surface area contributed by atoms with E-state index in [4.69, 9.17) is 15.9 Å². The number of guanidine groups is 1. The average molecular weight is 307 g/mol. The van der Waals surface area contributed by atoms with E-state index in [1.165, 1.54) is 7.11 Å². The van der Waals surface area contributed by atoms with E-state index in [0.717, 1.165) is 12.8 Å². The van der Waals surface area contributed by atoms with Crippen LogP contribution in [0.15, 0.2) is 24.3 Å². The van der Waals surface area contributed by atoms with Gasteiger partial charge in [-0.05, 0) is 37.1 Å². The normalized spacial score (nSPS) is 9.86. The van der Waals surface area contributed by atoms with Crippen LogP contribution in [-0.4, -0.2) is 31.6 Å². The largest absolute Gasteiger partial charge is 0.465 e. The summed E-state index contributed by atoms with van der Waals surface area (Å²) in [4.78, 5) is 22.9. The van der Waals surface area contributed by atoms with Crippen molar-refractivity contribution in [1.82, 2.24) is 5.32 Å². The molecular formula is C15H21N3O4. The lowest BCUT2D eigenvalue weighted by Crippen LogP contribution is -2.30. The van der Waals surface area contributed by atoms with E-state index >= 15 is 0 Å². The van der Waals surface area contributed by atoms with Crippen molar-refractivity contribution in [3.8, 4) is 5.75 Å². The van der Waals surface area contributed by atoms with Crippen LogP contribution in [0.1, 0.15) is 36.0 Å². The van der Waals surface area contributed by atoms with Crippen molar-refractivity contribution in [2.45, 2.75) is 25.7 Å². The van der Waals surface area contributed by atoms with Crippen LogP contribution in [0.2, 0.25) is 0 Å². The molecule has 0 radical (unpaired) electrons. The first-order valence-electron chi connectivity index (χ1n) is 7.00. The molecule has 0 aliphatic rings. The number of methoxy groups -OCH3 is 1. The number of nitrogens with two attached hydrogens (primary N) is 1. The highest BCUT2D eigenvalue weighted by molar-refractivity contribution is 5.89. The number of hydrogen-bond donors (Lipinski definition) is 3. The van der Waals surface area contributed by atoms with E-state index in [0.29, 0.717) is 30.7 Å². The minimum absolute atomic E-state index is 0.0465. The Morgan fingerprint density at radius 2 is 1.86 bits per heavy atom. The quantitative estimate of drug-likeness (QED) is 0.220. The second kappa shape index (κ2) is 9.38. The van der Waals surface area contributed by atoms with Gasteiger partial charge in [-0.3, -0.25) is 10.2 Å². The van der Waals surface area contributed by atoms with E-state index in [9.17, 15) is 9.59 Å². The molecule has 0 unspecified atom stereocenters. The van der Waals surface area contributed by atoms with Gasteiger partial charge in [0.05, 0.1) is 12.7 Å². The summed E-state index contributed by atoms with van der Waals surface area (Å²) in [6, 6.07) is 6.20. The van der Waals surface area contributed by atoms with Crippen LogP contribution in [0.5, 0.6) is 5.75 Å². The Hall–Kier alpha value is -2.57. The van der Waals surface area contributed by atoms with E-state index in [2.05, 4.69) is 10.1 Å². The van der Waals surface area contributed by atoms with Gasteiger partial charge < -0.3 is 20.5 Å². The van der Waals surface area contributed by atoms with Gasteiger partial charge in [0.1, 0.15) is 5.75 Å². The minimum atomic E-state index is -0.433. The van der Waals surface area contributed by atoms with Gasteiger partial charge in [0.25, 0.3) is 0 Å². The summed E-state index contributed by atoms with van der Waals surface area (Å²) in [5, 5.41) is 9.69. The molecule has 0 aromatic heterocycles.